The van der Waals surface area contributed by atoms with E-state index in [0.29, 0.717) is 41.3 Å². The number of nitrogens with zero attached hydrogens (tertiary/aromatic N) is 3. The highest BCUT2D eigenvalue weighted by molar-refractivity contribution is 6.09. The maximum absolute atomic E-state index is 13.5. The van der Waals surface area contributed by atoms with Crippen LogP contribution in [-0.2, 0) is 11.2 Å². The Labute approximate surface area is 255 Å². The van der Waals surface area contributed by atoms with Gasteiger partial charge in [0.05, 0.1) is 23.0 Å². The minimum Gasteiger partial charge on any atom is -0.455 e. The average molecular weight is 582 g/mol. The van der Waals surface area contributed by atoms with Crippen LogP contribution >= 0.6 is 0 Å². The fourth-order valence-corrected chi connectivity index (χ4v) is 5.38. The SMILES string of the molecule is Cc1c(C(=O)Nc2ccc(N=Nc3ccccc3)cc2)oc2c1/C(=N/NC(=O)C(c1ccccc1)c1ccccc1)CCC2. The number of rotatable bonds is 8. The van der Waals surface area contributed by atoms with Crippen LogP contribution < -0.4 is 10.7 Å². The number of nitrogens with one attached hydrogen (secondary N) is 2. The molecule has 1 heterocycles. The molecule has 0 fully saturated rings. The molecule has 0 saturated heterocycles. The highest BCUT2D eigenvalue weighted by Crippen LogP contribution is 2.31. The second-order valence-corrected chi connectivity index (χ2v) is 10.5. The minimum absolute atomic E-state index is 0.229. The molecule has 0 aliphatic heterocycles. The molecular formula is C36H31N5O3. The first-order chi connectivity index (χ1) is 21.6. The fourth-order valence-electron chi connectivity index (χ4n) is 5.38. The molecule has 218 valence electrons. The van der Waals surface area contributed by atoms with E-state index in [4.69, 9.17) is 4.42 Å². The van der Waals surface area contributed by atoms with Crippen molar-refractivity contribution in [2.24, 2.45) is 15.3 Å². The summed E-state index contributed by atoms with van der Waals surface area (Å²) >= 11 is 0. The summed E-state index contributed by atoms with van der Waals surface area (Å²) in [5, 5.41) is 15.9. The highest BCUT2D eigenvalue weighted by Gasteiger charge is 2.29. The summed E-state index contributed by atoms with van der Waals surface area (Å²) in [4.78, 5) is 26.8. The molecule has 0 saturated carbocycles. The molecule has 8 heteroatoms. The van der Waals surface area contributed by atoms with Crippen molar-refractivity contribution in [3.05, 3.63) is 149 Å². The van der Waals surface area contributed by atoms with E-state index in [0.717, 1.165) is 28.8 Å². The number of hydrazone groups is 1. The number of anilines is 1. The number of aryl methyl sites for hydroxylation is 1. The lowest BCUT2D eigenvalue weighted by molar-refractivity contribution is -0.121. The number of carbonyl (C=O) groups excluding carboxylic acids is 2. The summed E-state index contributed by atoms with van der Waals surface area (Å²) in [6.45, 7) is 1.85. The van der Waals surface area contributed by atoms with Crippen molar-refractivity contribution in [1.29, 1.82) is 0 Å². The van der Waals surface area contributed by atoms with E-state index in [1.807, 2.05) is 97.9 Å². The number of hydrogen-bond acceptors (Lipinski definition) is 6. The van der Waals surface area contributed by atoms with Crippen LogP contribution in [0.25, 0.3) is 0 Å². The molecule has 0 unspecified atom stereocenters. The number of carbonyl (C=O) groups is 2. The molecule has 1 aliphatic carbocycles. The van der Waals surface area contributed by atoms with Crippen molar-refractivity contribution in [1.82, 2.24) is 5.43 Å². The Morgan fingerprint density at radius 2 is 1.30 bits per heavy atom. The molecule has 2 N–H and O–H groups in total. The lowest BCUT2D eigenvalue weighted by atomic mass is 9.90. The van der Waals surface area contributed by atoms with Gasteiger partial charge < -0.3 is 9.73 Å². The Kier molecular flexibility index (Phi) is 8.50. The molecule has 44 heavy (non-hydrogen) atoms. The molecule has 0 spiro atoms. The quantitative estimate of drug-likeness (QED) is 0.142. The Morgan fingerprint density at radius 3 is 1.91 bits per heavy atom. The van der Waals surface area contributed by atoms with Gasteiger partial charge in [-0.05, 0) is 67.3 Å². The van der Waals surface area contributed by atoms with Gasteiger partial charge in [0.25, 0.3) is 11.8 Å². The lowest BCUT2D eigenvalue weighted by Crippen LogP contribution is -2.28. The Bertz CT molecular complexity index is 1770. The van der Waals surface area contributed by atoms with Crippen LogP contribution in [0.3, 0.4) is 0 Å². The normalized spacial score (nSPS) is 13.6. The molecule has 5 aromatic rings. The molecule has 0 radical (unpaired) electrons. The summed E-state index contributed by atoms with van der Waals surface area (Å²) in [5.74, 6) is -0.163. The molecule has 8 nitrogen and oxygen atoms in total. The smallest absolute Gasteiger partial charge is 0.291 e. The molecule has 6 rings (SSSR count). The molecule has 0 atom stereocenters. The molecular weight excluding hydrogens is 550 g/mol. The maximum Gasteiger partial charge on any atom is 0.291 e. The van der Waals surface area contributed by atoms with Gasteiger partial charge >= 0.3 is 0 Å². The van der Waals surface area contributed by atoms with Gasteiger partial charge in [0.2, 0.25) is 0 Å². The number of fused-ring (bicyclic) bond motifs is 1. The molecule has 2 amide bonds. The molecule has 1 aliphatic rings. The number of amides is 2. The van der Waals surface area contributed by atoms with Crippen LogP contribution in [0.2, 0.25) is 0 Å². The first-order valence-electron chi connectivity index (χ1n) is 14.5. The van der Waals surface area contributed by atoms with Gasteiger partial charge in [-0.15, -0.1) is 0 Å². The van der Waals surface area contributed by atoms with Gasteiger partial charge in [-0.1, -0.05) is 78.9 Å². The van der Waals surface area contributed by atoms with E-state index < -0.39 is 5.92 Å². The van der Waals surface area contributed by atoms with Crippen molar-refractivity contribution in [3.63, 3.8) is 0 Å². The number of furan rings is 1. The average Bonchev–Trinajstić information content (AvgIpc) is 3.42. The Balaban J connectivity index is 1.18. The number of hydrogen-bond donors (Lipinski definition) is 2. The largest absolute Gasteiger partial charge is 0.455 e. The van der Waals surface area contributed by atoms with Gasteiger partial charge in [-0.3, -0.25) is 9.59 Å². The van der Waals surface area contributed by atoms with E-state index in [9.17, 15) is 9.59 Å². The third-order valence-corrected chi connectivity index (χ3v) is 7.52. The number of benzene rings is 4. The second kappa shape index (κ2) is 13.1. The van der Waals surface area contributed by atoms with E-state index in [1.54, 1.807) is 24.3 Å². The van der Waals surface area contributed by atoms with Crippen molar-refractivity contribution in [2.45, 2.75) is 32.1 Å². The van der Waals surface area contributed by atoms with Crippen LogP contribution in [0, 0.1) is 6.92 Å². The summed E-state index contributed by atoms with van der Waals surface area (Å²) in [6.07, 6.45) is 2.15. The zero-order valence-corrected chi connectivity index (χ0v) is 24.2. The van der Waals surface area contributed by atoms with Gasteiger partial charge in [-0.2, -0.15) is 15.3 Å². The molecule has 4 aromatic carbocycles. The van der Waals surface area contributed by atoms with Gasteiger partial charge in [0.1, 0.15) is 5.76 Å². The maximum atomic E-state index is 13.5. The predicted molar refractivity (Wildman–Crippen MR) is 171 cm³/mol. The summed E-state index contributed by atoms with van der Waals surface area (Å²) < 4.78 is 6.07. The second-order valence-electron chi connectivity index (χ2n) is 10.5. The van der Waals surface area contributed by atoms with E-state index in [1.165, 1.54) is 0 Å². The topological polar surface area (TPSA) is 108 Å². The summed E-state index contributed by atoms with van der Waals surface area (Å²) in [7, 11) is 0. The third kappa shape index (κ3) is 6.39. The van der Waals surface area contributed by atoms with Crippen LogP contribution in [0.4, 0.5) is 17.1 Å². The van der Waals surface area contributed by atoms with Crippen molar-refractivity contribution in [3.8, 4) is 0 Å². The van der Waals surface area contributed by atoms with Gasteiger partial charge in [-0.25, -0.2) is 5.43 Å². The third-order valence-electron chi connectivity index (χ3n) is 7.52. The fraction of sp³-hybridized carbons (Fsp3) is 0.139. The minimum atomic E-state index is -0.511. The Hall–Kier alpha value is -5.63. The van der Waals surface area contributed by atoms with Crippen molar-refractivity contribution >= 4 is 34.6 Å². The standard InChI is InChI=1S/C36H31N5O3/c1-24-32-30(40-41-35(42)33(25-12-5-2-6-13-25)26-14-7-3-8-15-26)18-11-19-31(32)44-34(24)36(43)37-27-20-22-29(23-21-27)39-38-28-16-9-4-10-17-28/h2-10,12-17,20-23,33H,11,18-19H2,1H3,(H,37,43)(H,41,42)/b39-38?,40-30+. The number of azo groups is 1. The van der Waals surface area contributed by atoms with Crippen molar-refractivity contribution < 1.29 is 14.0 Å². The monoisotopic (exact) mass is 581 g/mol. The van der Waals surface area contributed by atoms with E-state index in [2.05, 4.69) is 26.1 Å². The predicted octanol–water partition coefficient (Wildman–Crippen LogP) is 8.24. The summed E-state index contributed by atoms with van der Waals surface area (Å²) in [5.41, 5.74) is 8.79. The van der Waals surface area contributed by atoms with Crippen LogP contribution in [0.5, 0.6) is 0 Å². The zero-order chi connectivity index (χ0) is 30.3. The van der Waals surface area contributed by atoms with Crippen LogP contribution in [0.1, 0.15) is 57.3 Å². The van der Waals surface area contributed by atoms with Gasteiger partial charge in [0, 0.05) is 23.2 Å². The highest BCUT2D eigenvalue weighted by atomic mass is 16.4. The molecule has 0 bridgehead atoms. The van der Waals surface area contributed by atoms with Crippen molar-refractivity contribution in [2.75, 3.05) is 5.32 Å². The van der Waals surface area contributed by atoms with E-state index >= 15 is 0 Å². The lowest BCUT2D eigenvalue weighted by Gasteiger charge is -2.18. The molecule has 1 aromatic heterocycles. The first-order valence-corrected chi connectivity index (χ1v) is 14.5. The zero-order valence-electron chi connectivity index (χ0n) is 24.2. The van der Waals surface area contributed by atoms with Crippen LogP contribution in [0.15, 0.2) is 135 Å². The van der Waals surface area contributed by atoms with E-state index in [-0.39, 0.29) is 17.6 Å². The summed E-state index contributed by atoms with van der Waals surface area (Å²) in [6, 6.07) is 35.9. The van der Waals surface area contributed by atoms with Crippen LogP contribution in [-0.4, -0.2) is 17.5 Å². The first kappa shape index (κ1) is 28.5. The Morgan fingerprint density at radius 1 is 0.727 bits per heavy atom. The van der Waals surface area contributed by atoms with Gasteiger partial charge in [0.15, 0.2) is 5.76 Å².